The van der Waals surface area contributed by atoms with Crippen molar-refractivity contribution in [3.63, 3.8) is 0 Å². The topological polar surface area (TPSA) is 55.1 Å². The fourth-order valence-corrected chi connectivity index (χ4v) is 1.89. The predicted molar refractivity (Wildman–Crippen MR) is 78.3 cm³/mol. The number of nitrogens with one attached hydrogen (secondary N) is 1. The number of carbonyl (C=O) groups excluding carboxylic acids is 1. The Bertz CT molecular complexity index is 237. The van der Waals surface area contributed by atoms with E-state index >= 15 is 0 Å². The monoisotopic (exact) mass is 256 g/mol. The minimum Gasteiger partial charge on any atom is -0.356 e. The van der Waals surface area contributed by atoms with Gasteiger partial charge in [-0.25, -0.2) is 0 Å². The highest BCUT2D eigenvalue weighted by atomic mass is 16.1. The maximum Gasteiger partial charge on any atom is 0.220 e. The Morgan fingerprint density at radius 2 is 1.89 bits per heavy atom. The number of carbonyl (C=O) groups is 1. The lowest BCUT2D eigenvalue weighted by Gasteiger charge is -2.24. The van der Waals surface area contributed by atoms with E-state index in [-0.39, 0.29) is 11.3 Å². The van der Waals surface area contributed by atoms with Crippen LogP contribution in [0.2, 0.25) is 0 Å². The zero-order valence-corrected chi connectivity index (χ0v) is 12.9. The van der Waals surface area contributed by atoms with Crippen LogP contribution in [0.1, 0.15) is 60.3 Å². The first kappa shape index (κ1) is 17.4. The van der Waals surface area contributed by atoms with Crippen molar-refractivity contribution in [3.8, 4) is 0 Å². The minimum absolute atomic E-state index is 0.180. The molecule has 1 unspecified atom stereocenters. The van der Waals surface area contributed by atoms with E-state index in [9.17, 15) is 4.79 Å². The van der Waals surface area contributed by atoms with Gasteiger partial charge in [-0.2, -0.15) is 0 Å². The molecule has 18 heavy (non-hydrogen) atoms. The van der Waals surface area contributed by atoms with Gasteiger partial charge in [0, 0.05) is 13.0 Å². The Balaban J connectivity index is 3.94. The Kier molecular flexibility index (Phi) is 8.25. The molecule has 0 aliphatic heterocycles. The van der Waals surface area contributed by atoms with Crippen molar-refractivity contribution in [1.82, 2.24) is 5.32 Å². The summed E-state index contributed by atoms with van der Waals surface area (Å²) in [5, 5.41) is 3.04. The van der Waals surface area contributed by atoms with Crippen LogP contribution in [-0.4, -0.2) is 19.0 Å². The molecule has 0 aliphatic carbocycles. The van der Waals surface area contributed by atoms with Crippen LogP contribution >= 0.6 is 0 Å². The van der Waals surface area contributed by atoms with Crippen LogP contribution in [-0.2, 0) is 4.79 Å². The van der Waals surface area contributed by atoms with Gasteiger partial charge in [0.1, 0.15) is 0 Å². The van der Waals surface area contributed by atoms with Crippen molar-refractivity contribution in [1.29, 1.82) is 0 Å². The van der Waals surface area contributed by atoms with Gasteiger partial charge >= 0.3 is 0 Å². The van der Waals surface area contributed by atoms with Gasteiger partial charge in [0.25, 0.3) is 0 Å². The molecule has 1 atom stereocenters. The third-order valence-electron chi connectivity index (χ3n) is 3.94. The third-order valence-corrected chi connectivity index (χ3v) is 3.94. The molecule has 0 aliphatic rings. The molecule has 0 bridgehead atoms. The quantitative estimate of drug-likeness (QED) is 0.666. The zero-order valence-electron chi connectivity index (χ0n) is 12.9. The molecule has 0 spiro atoms. The van der Waals surface area contributed by atoms with Gasteiger partial charge in [-0.05, 0) is 43.1 Å². The molecule has 0 aromatic rings. The normalized spacial score (nSPS) is 13.7. The van der Waals surface area contributed by atoms with E-state index in [1.54, 1.807) is 0 Å². The molecule has 0 saturated heterocycles. The summed E-state index contributed by atoms with van der Waals surface area (Å²) in [7, 11) is 0. The summed E-state index contributed by atoms with van der Waals surface area (Å²) in [5.41, 5.74) is 5.81. The fraction of sp³-hybridized carbons (Fsp3) is 0.933. The molecule has 108 valence electrons. The van der Waals surface area contributed by atoms with E-state index in [0.29, 0.717) is 24.8 Å². The van der Waals surface area contributed by atoms with Gasteiger partial charge in [-0.15, -0.1) is 0 Å². The van der Waals surface area contributed by atoms with Crippen molar-refractivity contribution in [3.05, 3.63) is 0 Å². The van der Waals surface area contributed by atoms with Crippen LogP contribution in [0.25, 0.3) is 0 Å². The molecule has 0 fully saturated rings. The van der Waals surface area contributed by atoms with Gasteiger partial charge in [0.05, 0.1) is 0 Å². The van der Waals surface area contributed by atoms with Crippen LogP contribution in [0.5, 0.6) is 0 Å². The molecule has 0 heterocycles. The van der Waals surface area contributed by atoms with E-state index in [1.165, 1.54) is 0 Å². The van der Waals surface area contributed by atoms with E-state index in [2.05, 4.69) is 39.9 Å². The lowest BCUT2D eigenvalue weighted by molar-refractivity contribution is -0.121. The van der Waals surface area contributed by atoms with Gasteiger partial charge in [-0.1, -0.05) is 34.6 Å². The number of rotatable bonds is 9. The number of hydrogen-bond acceptors (Lipinski definition) is 2. The second kappa shape index (κ2) is 8.52. The maximum absolute atomic E-state index is 11.8. The summed E-state index contributed by atoms with van der Waals surface area (Å²) >= 11 is 0. The fourth-order valence-electron chi connectivity index (χ4n) is 1.89. The summed E-state index contributed by atoms with van der Waals surface area (Å²) in [5.74, 6) is 1.35. The number of hydrogen-bond donors (Lipinski definition) is 2. The largest absolute Gasteiger partial charge is 0.356 e. The smallest absolute Gasteiger partial charge is 0.220 e. The Hall–Kier alpha value is -0.570. The summed E-state index contributed by atoms with van der Waals surface area (Å²) in [6.07, 6.45) is 3.68. The van der Waals surface area contributed by atoms with Crippen molar-refractivity contribution in [2.75, 3.05) is 13.1 Å². The van der Waals surface area contributed by atoms with Crippen LogP contribution in [0.4, 0.5) is 0 Å². The highest BCUT2D eigenvalue weighted by Crippen LogP contribution is 2.21. The van der Waals surface area contributed by atoms with E-state index in [4.69, 9.17) is 5.73 Å². The average molecular weight is 256 g/mol. The molecule has 3 heteroatoms. The molecule has 0 rings (SSSR count). The van der Waals surface area contributed by atoms with E-state index in [1.807, 2.05) is 0 Å². The highest BCUT2D eigenvalue weighted by Gasteiger charge is 2.17. The molecular formula is C15H32N2O. The Morgan fingerprint density at radius 3 is 2.33 bits per heavy atom. The third kappa shape index (κ3) is 7.70. The minimum atomic E-state index is 0.180. The van der Waals surface area contributed by atoms with Gasteiger partial charge in [-0.3, -0.25) is 4.79 Å². The molecule has 0 saturated carbocycles. The lowest BCUT2D eigenvalue weighted by atomic mass is 9.88. The predicted octanol–water partition coefficient (Wildman–Crippen LogP) is 2.94. The molecule has 0 aromatic heterocycles. The number of amides is 1. The molecule has 1 amide bonds. The zero-order chi connectivity index (χ0) is 14.2. The standard InChI is InChI=1S/C15H32N2O/c1-6-15(4,5)11-17-14(18)8-7-13(9-10-16)12(2)3/h12-13H,6-11,16H2,1-5H3,(H,17,18). The summed E-state index contributed by atoms with van der Waals surface area (Å²) in [6.45, 7) is 12.4. The SMILES string of the molecule is CCC(C)(C)CNC(=O)CCC(CCN)C(C)C. The van der Waals surface area contributed by atoms with E-state index < -0.39 is 0 Å². The second-order valence-electron chi connectivity index (χ2n) is 6.41. The van der Waals surface area contributed by atoms with Crippen LogP contribution in [0, 0.1) is 17.3 Å². The molecule has 3 nitrogen and oxygen atoms in total. The lowest BCUT2D eigenvalue weighted by Crippen LogP contribution is -2.33. The first-order valence-corrected chi connectivity index (χ1v) is 7.29. The first-order chi connectivity index (χ1) is 8.32. The van der Waals surface area contributed by atoms with Crippen molar-refractivity contribution < 1.29 is 4.79 Å². The summed E-state index contributed by atoms with van der Waals surface area (Å²) in [4.78, 5) is 11.8. The summed E-state index contributed by atoms with van der Waals surface area (Å²) in [6, 6.07) is 0. The average Bonchev–Trinajstić information content (AvgIpc) is 2.31. The van der Waals surface area contributed by atoms with Crippen molar-refractivity contribution in [2.45, 2.75) is 60.3 Å². The second-order valence-corrected chi connectivity index (χ2v) is 6.41. The van der Waals surface area contributed by atoms with Gasteiger partial charge in [0.15, 0.2) is 0 Å². The summed E-state index contributed by atoms with van der Waals surface area (Å²) < 4.78 is 0. The van der Waals surface area contributed by atoms with Crippen molar-refractivity contribution in [2.24, 2.45) is 23.0 Å². The van der Waals surface area contributed by atoms with Crippen LogP contribution in [0.3, 0.4) is 0 Å². The highest BCUT2D eigenvalue weighted by molar-refractivity contribution is 5.75. The molecule has 3 N–H and O–H groups in total. The van der Waals surface area contributed by atoms with Crippen LogP contribution < -0.4 is 11.1 Å². The van der Waals surface area contributed by atoms with Gasteiger partial charge in [0.2, 0.25) is 5.91 Å². The number of nitrogens with two attached hydrogens (primary N) is 1. The van der Waals surface area contributed by atoms with E-state index in [0.717, 1.165) is 25.8 Å². The molecule has 0 radical (unpaired) electrons. The molecule has 0 aromatic carbocycles. The van der Waals surface area contributed by atoms with Gasteiger partial charge < -0.3 is 11.1 Å². The molecular weight excluding hydrogens is 224 g/mol. The Morgan fingerprint density at radius 1 is 1.28 bits per heavy atom. The Labute approximate surface area is 113 Å². The maximum atomic E-state index is 11.8. The van der Waals surface area contributed by atoms with Crippen molar-refractivity contribution >= 4 is 5.91 Å². The first-order valence-electron chi connectivity index (χ1n) is 7.29. The van der Waals surface area contributed by atoms with Crippen LogP contribution in [0.15, 0.2) is 0 Å².